The molecule has 5 nitrogen and oxygen atoms in total. The summed E-state index contributed by atoms with van der Waals surface area (Å²) in [5, 5.41) is 9.99. The van der Waals surface area contributed by atoms with E-state index in [4.69, 9.17) is 0 Å². The molecular formula is C15H10F2N2O3S. The largest absolute Gasteiger partial charge is 0.295 e. The smallest absolute Gasteiger partial charge is 0.271 e. The summed E-state index contributed by atoms with van der Waals surface area (Å²) in [5.74, 6) is -1.83. The summed E-state index contributed by atoms with van der Waals surface area (Å²) in [7, 11) is 0. The quantitative estimate of drug-likeness (QED) is 0.634. The highest BCUT2D eigenvalue weighted by Crippen LogP contribution is 2.43. The van der Waals surface area contributed by atoms with E-state index in [1.807, 2.05) is 0 Å². The summed E-state index contributed by atoms with van der Waals surface area (Å²) in [4.78, 5) is 23.6. The second kappa shape index (κ2) is 5.96. The minimum Gasteiger partial charge on any atom is -0.295 e. The third-order valence-electron chi connectivity index (χ3n) is 3.43. The first-order valence-electron chi connectivity index (χ1n) is 6.61. The zero-order valence-corrected chi connectivity index (χ0v) is 12.4. The normalized spacial score (nSPS) is 17.6. The Morgan fingerprint density at radius 1 is 1.17 bits per heavy atom. The topological polar surface area (TPSA) is 63.5 Å². The fraction of sp³-hybridized carbons (Fsp3) is 0.133. The SMILES string of the molecule is O=C1CSC(c2c(F)cccc2F)N1c1cccc([N+](=O)[O-])c1. The number of carbonyl (C=O) groups excluding carboxylic acids is 1. The Hall–Kier alpha value is -2.48. The van der Waals surface area contributed by atoms with Crippen LogP contribution in [0.5, 0.6) is 0 Å². The molecule has 0 spiro atoms. The summed E-state index contributed by atoms with van der Waals surface area (Å²) < 4.78 is 28.1. The zero-order chi connectivity index (χ0) is 16.6. The van der Waals surface area contributed by atoms with E-state index < -0.39 is 21.9 Å². The van der Waals surface area contributed by atoms with Crippen molar-refractivity contribution in [2.24, 2.45) is 0 Å². The third kappa shape index (κ3) is 2.77. The van der Waals surface area contributed by atoms with Crippen molar-refractivity contribution < 1.29 is 18.5 Å². The monoisotopic (exact) mass is 336 g/mol. The molecule has 1 heterocycles. The molecule has 118 valence electrons. The maximum absolute atomic E-state index is 14.0. The molecule has 1 saturated heterocycles. The highest BCUT2D eigenvalue weighted by Gasteiger charge is 2.37. The van der Waals surface area contributed by atoms with E-state index in [-0.39, 0.29) is 28.6 Å². The lowest BCUT2D eigenvalue weighted by Gasteiger charge is -2.24. The fourth-order valence-corrected chi connectivity index (χ4v) is 3.64. The van der Waals surface area contributed by atoms with Gasteiger partial charge in [0, 0.05) is 12.1 Å². The van der Waals surface area contributed by atoms with E-state index in [1.165, 1.54) is 35.2 Å². The predicted octanol–water partition coefficient (Wildman–Crippen LogP) is 3.65. The average molecular weight is 336 g/mol. The molecule has 0 saturated carbocycles. The number of nitro benzene ring substituents is 1. The Labute approximate surface area is 134 Å². The second-order valence-corrected chi connectivity index (χ2v) is 5.91. The molecule has 1 fully saturated rings. The first-order chi connectivity index (χ1) is 11.0. The fourth-order valence-electron chi connectivity index (χ4n) is 2.42. The highest BCUT2D eigenvalue weighted by atomic mass is 32.2. The van der Waals surface area contributed by atoms with Crippen LogP contribution in [0.15, 0.2) is 42.5 Å². The van der Waals surface area contributed by atoms with Gasteiger partial charge in [0.15, 0.2) is 0 Å². The molecule has 8 heteroatoms. The Kier molecular flexibility index (Phi) is 3.99. The van der Waals surface area contributed by atoms with E-state index in [9.17, 15) is 23.7 Å². The summed E-state index contributed by atoms with van der Waals surface area (Å²) in [6, 6.07) is 8.92. The van der Waals surface area contributed by atoms with Crippen molar-refractivity contribution in [3.05, 3.63) is 69.8 Å². The van der Waals surface area contributed by atoms with Gasteiger partial charge >= 0.3 is 0 Å². The van der Waals surface area contributed by atoms with Gasteiger partial charge in [-0.15, -0.1) is 11.8 Å². The van der Waals surface area contributed by atoms with Crippen molar-refractivity contribution in [2.45, 2.75) is 5.37 Å². The molecule has 0 bridgehead atoms. The van der Waals surface area contributed by atoms with Crippen molar-refractivity contribution in [1.29, 1.82) is 0 Å². The van der Waals surface area contributed by atoms with Crippen molar-refractivity contribution in [3.63, 3.8) is 0 Å². The van der Waals surface area contributed by atoms with Crippen LogP contribution in [0.2, 0.25) is 0 Å². The molecule has 1 atom stereocenters. The number of carbonyl (C=O) groups is 1. The van der Waals surface area contributed by atoms with Crippen LogP contribution >= 0.6 is 11.8 Å². The van der Waals surface area contributed by atoms with Crippen LogP contribution in [0.25, 0.3) is 0 Å². The molecule has 23 heavy (non-hydrogen) atoms. The van der Waals surface area contributed by atoms with Gasteiger partial charge in [-0.2, -0.15) is 0 Å². The summed E-state index contributed by atoms with van der Waals surface area (Å²) >= 11 is 1.08. The first kappa shape index (κ1) is 15.4. The minimum absolute atomic E-state index is 0.0428. The summed E-state index contributed by atoms with van der Waals surface area (Å²) in [5.41, 5.74) is -0.184. The number of hydrogen-bond acceptors (Lipinski definition) is 4. The van der Waals surface area contributed by atoms with Crippen LogP contribution in [0.4, 0.5) is 20.2 Å². The molecule has 1 amide bonds. The number of hydrogen-bond donors (Lipinski definition) is 0. The number of non-ortho nitro benzene ring substituents is 1. The van der Waals surface area contributed by atoms with Gasteiger partial charge in [0.2, 0.25) is 5.91 Å². The second-order valence-electron chi connectivity index (χ2n) is 4.84. The van der Waals surface area contributed by atoms with Crippen molar-refractivity contribution in [3.8, 4) is 0 Å². The van der Waals surface area contributed by atoms with Gasteiger partial charge in [0.25, 0.3) is 5.69 Å². The van der Waals surface area contributed by atoms with Gasteiger partial charge in [0.05, 0.1) is 21.9 Å². The molecule has 0 N–H and O–H groups in total. The number of thioether (sulfide) groups is 1. The van der Waals surface area contributed by atoms with Crippen LogP contribution in [0.3, 0.4) is 0 Å². The number of rotatable bonds is 3. The highest BCUT2D eigenvalue weighted by molar-refractivity contribution is 8.00. The standard InChI is InChI=1S/C15H10F2N2O3S/c16-11-5-2-6-12(17)14(11)15-18(13(20)8-23-15)9-3-1-4-10(7-9)19(21)22/h1-7,15H,8H2. The lowest BCUT2D eigenvalue weighted by Crippen LogP contribution is -2.28. The van der Waals surface area contributed by atoms with Crippen LogP contribution in [-0.2, 0) is 4.79 Å². The van der Waals surface area contributed by atoms with Crippen LogP contribution in [0, 0.1) is 21.7 Å². The van der Waals surface area contributed by atoms with Crippen LogP contribution in [0.1, 0.15) is 10.9 Å². The van der Waals surface area contributed by atoms with Gasteiger partial charge in [-0.3, -0.25) is 19.8 Å². The number of anilines is 1. The van der Waals surface area contributed by atoms with Crippen molar-refractivity contribution in [2.75, 3.05) is 10.7 Å². The summed E-state index contributed by atoms with van der Waals surface area (Å²) in [6.45, 7) is 0. The molecule has 0 aromatic heterocycles. The summed E-state index contributed by atoms with van der Waals surface area (Å²) in [6.07, 6.45) is 0. The van der Waals surface area contributed by atoms with Gasteiger partial charge < -0.3 is 0 Å². The van der Waals surface area contributed by atoms with E-state index in [0.29, 0.717) is 0 Å². The van der Waals surface area contributed by atoms with Crippen LogP contribution < -0.4 is 4.90 Å². The minimum atomic E-state index is -0.897. The Balaban J connectivity index is 2.07. The molecule has 2 aromatic carbocycles. The van der Waals surface area contributed by atoms with E-state index in [1.54, 1.807) is 0 Å². The average Bonchev–Trinajstić information content (AvgIpc) is 2.89. The number of halogens is 2. The van der Waals surface area contributed by atoms with E-state index >= 15 is 0 Å². The molecule has 3 rings (SSSR count). The Bertz CT molecular complexity index is 780. The van der Waals surface area contributed by atoms with Gasteiger partial charge in [-0.25, -0.2) is 8.78 Å². The van der Waals surface area contributed by atoms with E-state index in [0.717, 1.165) is 23.9 Å². The predicted molar refractivity (Wildman–Crippen MR) is 82.1 cm³/mol. The number of amides is 1. The van der Waals surface area contributed by atoms with Gasteiger partial charge in [-0.1, -0.05) is 12.1 Å². The van der Waals surface area contributed by atoms with Crippen LogP contribution in [-0.4, -0.2) is 16.6 Å². The Morgan fingerprint density at radius 2 is 1.83 bits per heavy atom. The third-order valence-corrected chi connectivity index (χ3v) is 4.61. The molecule has 1 aliphatic heterocycles. The molecular weight excluding hydrogens is 326 g/mol. The number of nitro groups is 1. The zero-order valence-electron chi connectivity index (χ0n) is 11.6. The van der Waals surface area contributed by atoms with Gasteiger partial charge in [0.1, 0.15) is 17.0 Å². The molecule has 1 aliphatic rings. The van der Waals surface area contributed by atoms with E-state index in [2.05, 4.69) is 0 Å². The molecule has 2 aromatic rings. The molecule has 0 aliphatic carbocycles. The number of nitrogens with zero attached hydrogens (tertiary/aromatic N) is 2. The van der Waals surface area contributed by atoms with Gasteiger partial charge in [-0.05, 0) is 18.2 Å². The van der Waals surface area contributed by atoms with Crippen molar-refractivity contribution in [1.82, 2.24) is 0 Å². The molecule has 0 radical (unpaired) electrons. The molecule has 1 unspecified atom stereocenters. The first-order valence-corrected chi connectivity index (χ1v) is 7.66. The lowest BCUT2D eigenvalue weighted by atomic mass is 10.1. The Morgan fingerprint density at radius 3 is 2.48 bits per heavy atom. The maximum Gasteiger partial charge on any atom is 0.271 e. The maximum atomic E-state index is 14.0. The lowest BCUT2D eigenvalue weighted by molar-refractivity contribution is -0.384. The number of benzene rings is 2. The van der Waals surface area contributed by atoms with Crippen molar-refractivity contribution >= 4 is 29.0 Å².